The fourth-order valence-corrected chi connectivity index (χ4v) is 6.14. The van der Waals surface area contributed by atoms with Gasteiger partial charge in [-0.25, -0.2) is 0 Å². The van der Waals surface area contributed by atoms with Crippen LogP contribution in [0.1, 0.15) is 97.0 Å². The van der Waals surface area contributed by atoms with E-state index in [2.05, 4.69) is 109 Å². The SMILES string of the molecule is COCC(OC(COC)c1cccc(CCCCCCc2ccccc2)c1)c1cccc(CCCCCCc2ccccc2)c1. The molecule has 4 rings (SSSR count). The van der Waals surface area contributed by atoms with E-state index in [9.17, 15) is 0 Å². The number of ether oxygens (including phenoxy) is 3. The minimum Gasteiger partial charge on any atom is -0.382 e. The standard InChI is InChI=1S/C42H54O3/c1-43-33-41(39-29-17-27-37(31-39)25-11-5-3-9-19-35-21-13-7-14-22-35)45-42(34-44-2)40-30-18-28-38(32-40)26-12-6-4-10-20-36-23-15-8-16-24-36/h7-8,13-18,21-24,27-32,41-42H,3-6,9-12,19-20,25-26,33-34H2,1-2H3. The largest absolute Gasteiger partial charge is 0.382 e. The van der Waals surface area contributed by atoms with Crippen molar-refractivity contribution in [2.24, 2.45) is 0 Å². The molecule has 3 nitrogen and oxygen atoms in total. The Morgan fingerprint density at radius 3 is 1.13 bits per heavy atom. The summed E-state index contributed by atoms with van der Waals surface area (Å²) in [7, 11) is 3.50. The molecule has 240 valence electrons. The van der Waals surface area contributed by atoms with Crippen molar-refractivity contribution in [1.82, 2.24) is 0 Å². The van der Waals surface area contributed by atoms with E-state index in [0.29, 0.717) is 13.2 Å². The third-order valence-corrected chi connectivity index (χ3v) is 8.66. The van der Waals surface area contributed by atoms with E-state index < -0.39 is 0 Å². The molecule has 4 aromatic rings. The normalized spacial score (nSPS) is 12.7. The molecule has 0 saturated carbocycles. The maximum absolute atomic E-state index is 6.76. The van der Waals surface area contributed by atoms with Gasteiger partial charge in [-0.05, 0) is 84.7 Å². The number of aryl methyl sites for hydroxylation is 4. The average Bonchev–Trinajstić information content (AvgIpc) is 3.08. The van der Waals surface area contributed by atoms with Gasteiger partial charge in [-0.1, -0.05) is 135 Å². The molecule has 0 bridgehead atoms. The highest BCUT2D eigenvalue weighted by Crippen LogP contribution is 2.29. The summed E-state index contributed by atoms with van der Waals surface area (Å²) in [4.78, 5) is 0. The first-order valence-electron chi connectivity index (χ1n) is 17.1. The van der Waals surface area contributed by atoms with Crippen molar-refractivity contribution < 1.29 is 14.2 Å². The summed E-state index contributed by atoms with van der Waals surface area (Å²) >= 11 is 0. The van der Waals surface area contributed by atoms with Gasteiger partial charge in [-0.3, -0.25) is 0 Å². The number of hydrogen-bond acceptors (Lipinski definition) is 3. The molecule has 0 aromatic heterocycles. The van der Waals surface area contributed by atoms with E-state index in [1.165, 1.54) is 97.6 Å². The summed E-state index contributed by atoms with van der Waals surface area (Å²) < 4.78 is 18.1. The molecular weight excluding hydrogens is 552 g/mol. The van der Waals surface area contributed by atoms with Crippen molar-refractivity contribution in [3.63, 3.8) is 0 Å². The van der Waals surface area contributed by atoms with Crippen molar-refractivity contribution in [2.75, 3.05) is 27.4 Å². The second-order valence-corrected chi connectivity index (χ2v) is 12.3. The predicted molar refractivity (Wildman–Crippen MR) is 188 cm³/mol. The van der Waals surface area contributed by atoms with Gasteiger partial charge in [0.05, 0.1) is 13.2 Å². The molecule has 0 heterocycles. The summed E-state index contributed by atoms with van der Waals surface area (Å²) in [6, 6.07) is 39.4. The minimum atomic E-state index is -0.158. The summed E-state index contributed by atoms with van der Waals surface area (Å²) in [5.74, 6) is 0. The summed E-state index contributed by atoms with van der Waals surface area (Å²) in [5, 5.41) is 0. The highest BCUT2D eigenvalue weighted by molar-refractivity contribution is 5.28. The molecule has 2 atom stereocenters. The molecule has 0 amide bonds. The molecule has 0 spiro atoms. The highest BCUT2D eigenvalue weighted by atomic mass is 16.6. The van der Waals surface area contributed by atoms with Crippen molar-refractivity contribution in [3.8, 4) is 0 Å². The monoisotopic (exact) mass is 606 g/mol. The summed E-state index contributed by atoms with van der Waals surface area (Å²) in [6.45, 7) is 1.01. The van der Waals surface area contributed by atoms with Crippen LogP contribution in [0, 0.1) is 0 Å². The van der Waals surface area contributed by atoms with Gasteiger partial charge in [-0.2, -0.15) is 0 Å². The number of methoxy groups -OCH3 is 2. The molecule has 0 saturated heterocycles. The van der Waals surface area contributed by atoms with Crippen LogP contribution in [-0.2, 0) is 39.9 Å². The van der Waals surface area contributed by atoms with Crippen molar-refractivity contribution in [3.05, 3.63) is 143 Å². The van der Waals surface area contributed by atoms with Crippen LogP contribution in [0.5, 0.6) is 0 Å². The number of unbranched alkanes of at least 4 members (excludes halogenated alkanes) is 6. The zero-order valence-corrected chi connectivity index (χ0v) is 27.7. The van der Waals surface area contributed by atoms with E-state index in [1.807, 2.05) is 0 Å². The first-order chi connectivity index (χ1) is 22.2. The van der Waals surface area contributed by atoms with Gasteiger partial charge < -0.3 is 14.2 Å². The summed E-state index contributed by atoms with van der Waals surface area (Å²) in [6.07, 6.45) is 14.2. The lowest BCUT2D eigenvalue weighted by atomic mass is 9.99. The Labute approximate surface area is 273 Å². The van der Waals surface area contributed by atoms with E-state index in [4.69, 9.17) is 14.2 Å². The fourth-order valence-electron chi connectivity index (χ4n) is 6.14. The van der Waals surface area contributed by atoms with Gasteiger partial charge in [0.25, 0.3) is 0 Å². The van der Waals surface area contributed by atoms with Crippen LogP contribution in [0.25, 0.3) is 0 Å². The Morgan fingerprint density at radius 1 is 0.400 bits per heavy atom. The molecule has 0 fully saturated rings. The third kappa shape index (κ3) is 13.0. The van der Waals surface area contributed by atoms with Crippen molar-refractivity contribution in [2.45, 2.75) is 89.3 Å². The molecule has 0 radical (unpaired) electrons. The van der Waals surface area contributed by atoms with E-state index >= 15 is 0 Å². The van der Waals surface area contributed by atoms with Gasteiger partial charge in [0.2, 0.25) is 0 Å². The Kier molecular flexibility index (Phi) is 15.9. The van der Waals surface area contributed by atoms with Crippen LogP contribution in [-0.4, -0.2) is 27.4 Å². The zero-order chi connectivity index (χ0) is 31.4. The lowest BCUT2D eigenvalue weighted by molar-refractivity contribution is -0.0776. The van der Waals surface area contributed by atoms with Gasteiger partial charge in [0.1, 0.15) is 12.2 Å². The van der Waals surface area contributed by atoms with Gasteiger partial charge in [0, 0.05) is 14.2 Å². The molecule has 4 aromatic carbocycles. The Bertz CT molecular complexity index is 1220. The third-order valence-electron chi connectivity index (χ3n) is 8.66. The van der Waals surface area contributed by atoms with Gasteiger partial charge in [0.15, 0.2) is 0 Å². The number of rotatable bonds is 22. The average molecular weight is 607 g/mol. The summed E-state index contributed by atoms with van der Waals surface area (Å²) in [5.41, 5.74) is 7.97. The van der Waals surface area contributed by atoms with Crippen LogP contribution in [0.15, 0.2) is 109 Å². The molecule has 0 aliphatic rings. The van der Waals surface area contributed by atoms with Crippen LogP contribution < -0.4 is 0 Å². The van der Waals surface area contributed by atoms with Crippen LogP contribution in [0.4, 0.5) is 0 Å². The zero-order valence-electron chi connectivity index (χ0n) is 27.7. The highest BCUT2D eigenvalue weighted by Gasteiger charge is 2.21. The molecule has 3 heteroatoms. The maximum Gasteiger partial charge on any atom is 0.107 e. The van der Waals surface area contributed by atoms with Crippen LogP contribution in [0.3, 0.4) is 0 Å². The Balaban J connectivity index is 1.26. The molecular formula is C42H54O3. The van der Waals surface area contributed by atoms with E-state index in [1.54, 1.807) is 14.2 Å². The first-order valence-corrected chi connectivity index (χ1v) is 17.1. The smallest absolute Gasteiger partial charge is 0.107 e. The minimum absolute atomic E-state index is 0.158. The topological polar surface area (TPSA) is 27.7 Å². The van der Waals surface area contributed by atoms with Gasteiger partial charge >= 0.3 is 0 Å². The number of benzene rings is 4. The van der Waals surface area contributed by atoms with Gasteiger partial charge in [-0.15, -0.1) is 0 Å². The Hall–Kier alpha value is -3.24. The quantitative estimate of drug-likeness (QED) is 0.0833. The lowest BCUT2D eigenvalue weighted by Crippen LogP contribution is -2.18. The molecule has 0 aliphatic heterocycles. The first kappa shape index (κ1) is 34.6. The van der Waals surface area contributed by atoms with Crippen molar-refractivity contribution >= 4 is 0 Å². The second kappa shape index (κ2) is 20.7. The Morgan fingerprint density at radius 2 is 0.756 bits per heavy atom. The predicted octanol–water partition coefficient (Wildman–Crippen LogP) is 10.5. The molecule has 2 unspecified atom stereocenters. The van der Waals surface area contributed by atoms with Crippen molar-refractivity contribution in [1.29, 1.82) is 0 Å². The van der Waals surface area contributed by atoms with E-state index in [-0.39, 0.29) is 12.2 Å². The molecule has 0 aliphatic carbocycles. The number of hydrogen-bond donors (Lipinski definition) is 0. The lowest BCUT2D eigenvalue weighted by Gasteiger charge is -2.25. The molecule has 45 heavy (non-hydrogen) atoms. The fraction of sp³-hybridized carbons (Fsp3) is 0.429. The van der Waals surface area contributed by atoms with Crippen LogP contribution >= 0.6 is 0 Å². The maximum atomic E-state index is 6.76. The second-order valence-electron chi connectivity index (χ2n) is 12.3. The molecule has 0 N–H and O–H groups in total. The van der Waals surface area contributed by atoms with E-state index in [0.717, 1.165) is 12.8 Å². The van der Waals surface area contributed by atoms with Crippen LogP contribution in [0.2, 0.25) is 0 Å².